The number of carbonyl (C=O) groups is 1. The standard InChI is InChI=1S/C24H28Cl2N4O4/c1-17(34-23-8-5-18(25)15-20(23)26)24(31)29-13-11-27(12-14-29)19-6-7-21(30(32)33)22(16-19)28-9-3-2-4-10-28/h5-8,15-17H,2-4,9-14H2,1H3. The zero-order valence-corrected chi connectivity index (χ0v) is 20.6. The number of halogens is 2. The molecule has 0 N–H and O–H groups in total. The van der Waals surface area contributed by atoms with E-state index in [0.717, 1.165) is 38.0 Å². The van der Waals surface area contributed by atoms with Gasteiger partial charge in [0.1, 0.15) is 11.4 Å². The number of benzene rings is 2. The minimum atomic E-state index is -0.685. The molecule has 0 saturated carbocycles. The van der Waals surface area contributed by atoms with Gasteiger partial charge >= 0.3 is 0 Å². The Morgan fingerprint density at radius 1 is 0.971 bits per heavy atom. The van der Waals surface area contributed by atoms with E-state index in [0.29, 0.717) is 47.7 Å². The van der Waals surface area contributed by atoms with Gasteiger partial charge in [0.25, 0.3) is 11.6 Å². The molecule has 2 heterocycles. The number of nitrogens with zero attached hydrogens (tertiary/aromatic N) is 4. The summed E-state index contributed by atoms with van der Waals surface area (Å²) in [6, 6.07) is 10.2. The fourth-order valence-electron chi connectivity index (χ4n) is 4.50. The molecular weight excluding hydrogens is 479 g/mol. The second kappa shape index (κ2) is 10.7. The predicted molar refractivity (Wildman–Crippen MR) is 135 cm³/mol. The van der Waals surface area contributed by atoms with Crippen LogP contribution in [0.15, 0.2) is 36.4 Å². The molecule has 2 aliphatic rings. The number of nitro groups is 1. The number of amides is 1. The van der Waals surface area contributed by atoms with Crippen molar-refractivity contribution in [2.75, 3.05) is 49.1 Å². The highest BCUT2D eigenvalue weighted by atomic mass is 35.5. The molecule has 1 atom stereocenters. The average Bonchev–Trinajstić information content (AvgIpc) is 2.85. The third kappa shape index (κ3) is 5.50. The molecule has 0 aliphatic carbocycles. The van der Waals surface area contributed by atoms with E-state index in [1.54, 1.807) is 42.2 Å². The summed E-state index contributed by atoms with van der Waals surface area (Å²) in [6.07, 6.45) is 2.56. The summed E-state index contributed by atoms with van der Waals surface area (Å²) >= 11 is 12.1. The van der Waals surface area contributed by atoms with E-state index < -0.39 is 6.10 Å². The van der Waals surface area contributed by atoms with Gasteiger partial charge in [-0.25, -0.2) is 0 Å². The van der Waals surface area contributed by atoms with E-state index in [4.69, 9.17) is 27.9 Å². The van der Waals surface area contributed by atoms with Crippen LogP contribution in [0.4, 0.5) is 17.1 Å². The minimum Gasteiger partial charge on any atom is -0.479 e. The number of piperazine rings is 1. The van der Waals surface area contributed by atoms with Crippen LogP contribution >= 0.6 is 23.2 Å². The van der Waals surface area contributed by atoms with E-state index in [9.17, 15) is 14.9 Å². The van der Waals surface area contributed by atoms with Crippen molar-refractivity contribution in [3.63, 3.8) is 0 Å². The molecular formula is C24H28Cl2N4O4. The van der Waals surface area contributed by atoms with Crippen LogP contribution in [0.1, 0.15) is 26.2 Å². The SMILES string of the molecule is CC(Oc1ccc(Cl)cc1Cl)C(=O)N1CCN(c2ccc([N+](=O)[O-])c(N3CCCCC3)c2)CC1. The van der Waals surface area contributed by atoms with Gasteiger partial charge in [0.05, 0.1) is 9.95 Å². The summed E-state index contributed by atoms with van der Waals surface area (Å²) < 4.78 is 5.78. The maximum absolute atomic E-state index is 12.9. The molecule has 1 amide bonds. The Kier molecular flexibility index (Phi) is 7.68. The molecule has 2 fully saturated rings. The summed E-state index contributed by atoms with van der Waals surface area (Å²) in [6.45, 7) is 5.73. The van der Waals surface area contributed by atoms with Gasteiger partial charge in [-0.1, -0.05) is 23.2 Å². The van der Waals surface area contributed by atoms with E-state index in [2.05, 4.69) is 9.80 Å². The van der Waals surface area contributed by atoms with Crippen molar-refractivity contribution < 1.29 is 14.5 Å². The number of nitro benzene ring substituents is 1. The number of piperidine rings is 1. The van der Waals surface area contributed by atoms with Crippen LogP contribution in [0, 0.1) is 10.1 Å². The lowest BCUT2D eigenvalue weighted by Gasteiger charge is -2.37. The normalized spacial score (nSPS) is 17.4. The van der Waals surface area contributed by atoms with Gasteiger partial charge in [-0.2, -0.15) is 0 Å². The maximum atomic E-state index is 12.9. The van der Waals surface area contributed by atoms with Gasteiger partial charge in [0, 0.05) is 56.0 Å². The highest BCUT2D eigenvalue weighted by molar-refractivity contribution is 6.35. The topological polar surface area (TPSA) is 79.2 Å². The molecule has 0 radical (unpaired) electrons. The lowest BCUT2D eigenvalue weighted by molar-refractivity contribution is -0.384. The third-order valence-corrected chi connectivity index (χ3v) is 6.88. The minimum absolute atomic E-state index is 0.108. The monoisotopic (exact) mass is 506 g/mol. The van der Waals surface area contributed by atoms with Crippen molar-refractivity contribution in [3.05, 3.63) is 56.6 Å². The van der Waals surface area contributed by atoms with Crippen LogP contribution < -0.4 is 14.5 Å². The molecule has 10 heteroatoms. The molecule has 1 unspecified atom stereocenters. The van der Waals surface area contributed by atoms with Crippen molar-refractivity contribution in [1.82, 2.24) is 4.90 Å². The van der Waals surface area contributed by atoms with Crippen molar-refractivity contribution in [2.45, 2.75) is 32.3 Å². The number of rotatable bonds is 6. The summed E-state index contributed by atoms with van der Waals surface area (Å²) in [5, 5.41) is 12.5. The highest BCUT2D eigenvalue weighted by Crippen LogP contribution is 2.35. The highest BCUT2D eigenvalue weighted by Gasteiger charge is 2.28. The van der Waals surface area contributed by atoms with Crippen LogP contribution in [0.2, 0.25) is 10.0 Å². The van der Waals surface area contributed by atoms with Crippen LogP contribution in [0.3, 0.4) is 0 Å². The molecule has 0 aromatic heterocycles. The number of carbonyl (C=O) groups excluding carboxylic acids is 1. The van der Waals surface area contributed by atoms with Gasteiger partial charge in [-0.3, -0.25) is 14.9 Å². The van der Waals surface area contributed by atoms with E-state index in [1.165, 1.54) is 0 Å². The Hall–Kier alpha value is -2.71. The largest absolute Gasteiger partial charge is 0.479 e. The van der Waals surface area contributed by atoms with Crippen LogP contribution in [-0.2, 0) is 4.79 Å². The number of hydrogen-bond donors (Lipinski definition) is 0. The Morgan fingerprint density at radius 3 is 2.32 bits per heavy atom. The number of anilines is 2. The third-order valence-electron chi connectivity index (χ3n) is 6.35. The van der Waals surface area contributed by atoms with E-state index in [1.807, 2.05) is 6.07 Å². The summed E-state index contributed by atoms with van der Waals surface area (Å²) in [4.78, 5) is 30.3. The molecule has 2 saturated heterocycles. The molecule has 182 valence electrons. The average molecular weight is 507 g/mol. The van der Waals surface area contributed by atoms with E-state index in [-0.39, 0.29) is 16.5 Å². The van der Waals surface area contributed by atoms with Gasteiger partial charge in [0.2, 0.25) is 0 Å². The predicted octanol–water partition coefficient (Wildman–Crippen LogP) is 5.01. The zero-order chi connectivity index (χ0) is 24.2. The van der Waals surface area contributed by atoms with Gasteiger partial charge in [0.15, 0.2) is 6.10 Å². The summed E-state index contributed by atoms with van der Waals surface area (Å²) in [5.74, 6) is 0.310. The van der Waals surface area contributed by atoms with Crippen molar-refractivity contribution >= 4 is 46.2 Å². The van der Waals surface area contributed by atoms with Gasteiger partial charge in [-0.05, 0) is 56.5 Å². The van der Waals surface area contributed by atoms with Crippen molar-refractivity contribution in [1.29, 1.82) is 0 Å². The fraction of sp³-hybridized carbons (Fsp3) is 0.458. The zero-order valence-electron chi connectivity index (χ0n) is 19.1. The van der Waals surface area contributed by atoms with Crippen LogP contribution in [0.25, 0.3) is 0 Å². The van der Waals surface area contributed by atoms with Gasteiger partial charge in [-0.15, -0.1) is 0 Å². The molecule has 8 nitrogen and oxygen atoms in total. The quantitative estimate of drug-likeness (QED) is 0.404. The fourth-order valence-corrected chi connectivity index (χ4v) is 4.96. The van der Waals surface area contributed by atoms with Gasteiger partial charge < -0.3 is 19.4 Å². The second-order valence-corrected chi connectivity index (χ2v) is 9.47. The van der Waals surface area contributed by atoms with Crippen molar-refractivity contribution in [2.24, 2.45) is 0 Å². The first-order valence-electron chi connectivity index (χ1n) is 11.5. The Morgan fingerprint density at radius 2 is 1.68 bits per heavy atom. The van der Waals surface area contributed by atoms with Crippen molar-refractivity contribution in [3.8, 4) is 5.75 Å². The number of hydrogen-bond acceptors (Lipinski definition) is 6. The smallest absolute Gasteiger partial charge is 0.292 e. The lowest BCUT2D eigenvalue weighted by atomic mass is 10.1. The Bertz CT molecular complexity index is 1050. The molecule has 0 bridgehead atoms. The molecule has 4 rings (SSSR count). The Balaban J connectivity index is 1.40. The molecule has 2 aromatic carbocycles. The lowest BCUT2D eigenvalue weighted by Crippen LogP contribution is -2.52. The number of ether oxygens (including phenoxy) is 1. The van der Waals surface area contributed by atoms with E-state index >= 15 is 0 Å². The molecule has 2 aliphatic heterocycles. The first-order valence-corrected chi connectivity index (χ1v) is 12.3. The van der Waals surface area contributed by atoms with Crippen LogP contribution in [0.5, 0.6) is 5.75 Å². The second-order valence-electron chi connectivity index (χ2n) is 8.62. The molecule has 0 spiro atoms. The molecule has 34 heavy (non-hydrogen) atoms. The Labute approximate surface area is 209 Å². The summed E-state index contributed by atoms with van der Waals surface area (Å²) in [5.41, 5.74) is 1.77. The summed E-state index contributed by atoms with van der Waals surface area (Å²) in [7, 11) is 0. The first kappa shape index (κ1) is 24.4. The maximum Gasteiger partial charge on any atom is 0.292 e. The first-order chi connectivity index (χ1) is 16.3. The molecule has 2 aromatic rings. The van der Waals surface area contributed by atoms with Crippen LogP contribution in [-0.4, -0.2) is 61.1 Å².